The lowest BCUT2D eigenvalue weighted by Crippen LogP contribution is -2.54. The van der Waals surface area contributed by atoms with Crippen LogP contribution in [0.15, 0.2) is 24.2 Å². The molecule has 0 aliphatic carbocycles. The zero-order chi connectivity index (χ0) is 30.7. The molecule has 0 radical (unpaired) electrons. The smallest absolute Gasteiger partial charge is 0.399 e. The minimum Gasteiger partial charge on any atom is -0.399 e. The first-order valence-electron chi connectivity index (χ1n) is 15.1. The SMILES string of the molecule is [2H]c1c([2H])c(N2C([2H])([2H])C([2H])(C([2H])([2H])[2H])NC([2H])(C([2H])([2H])[2H])C2([2H])[2H])c([2H])c([2H])c1B1OC(C)(C)C(C)(C)O1. The lowest BCUT2D eigenvalue weighted by atomic mass is 9.79. The molecule has 1 aromatic rings. The summed E-state index contributed by atoms with van der Waals surface area (Å²) in [4.78, 5) is -0.246. The van der Waals surface area contributed by atoms with Gasteiger partial charge in [-0.1, -0.05) is 12.1 Å². The van der Waals surface area contributed by atoms with Gasteiger partial charge >= 0.3 is 7.12 Å². The van der Waals surface area contributed by atoms with E-state index in [2.05, 4.69) is 0 Å². The molecule has 2 heterocycles. The zero-order valence-corrected chi connectivity index (χ0v) is 13.3. The van der Waals surface area contributed by atoms with Crippen LogP contribution in [0.5, 0.6) is 0 Å². The molecule has 126 valence electrons. The Morgan fingerprint density at radius 3 is 2.17 bits per heavy atom. The normalized spacial score (nSPS) is 51.8. The van der Waals surface area contributed by atoms with Gasteiger partial charge in [0, 0.05) is 41.7 Å². The van der Waals surface area contributed by atoms with Gasteiger partial charge in [-0.15, -0.1) is 0 Å². The second kappa shape index (κ2) is 5.80. The molecule has 0 aromatic heterocycles. The van der Waals surface area contributed by atoms with E-state index in [4.69, 9.17) is 31.2 Å². The van der Waals surface area contributed by atoms with Gasteiger partial charge < -0.3 is 19.5 Å². The van der Waals surface area contributed by atoms with Crippen LogP contribution in [0.3, 0.4) is 0 Å². The fourth-order valence-corrected chi connectivity index (χ4v) is 2.05. The summed E-state index contributed by atoms with van der Waals surface area (Å²) in [5.41, 5.74) is -3.50. The largest absolute Gasteiger partial charge is 0.494 e. The van der Waals surface area contributed by atoms with E-state index >= 15 is 0 Å². The maximum absolute atomic E-state index is 8.59. The maximum Gasteiger partial charge on any atom is 0.494 e. The molecule has 5 heteroatoms. The molecule has 23 heavy (non-hydrogen) atoms. The fraction of sp³-hybridized carbons (Fsp3) is 0.667. The van der Waals surface area contributed by atoms with Gasteiger partial charge in [-0.2, -0.15) is 0 Å². The Morgan fingerprint density at radius 1 is 1.17 bits per heavy atom. The molecule has 4 nitrogen and oxygen atoms in total. The highest BCUT2D eigenvalue weighted by molar-refractivity contribution is 6.62. The predicted octanol–water partition coefficient (Wildman–Crippen LogP) is 2.17. The summed E-state index contributed by atoms with van der Waals surface area (Å²) in [5, 5.41) is 1.57. The van der Waals surface area contributed by atoms with E-state index in [1.807, 2.05) is 0 Å². The Kier molecular flexibility index (Phi) is 1.52. The first-order chi connectivity index (χ1) is 17.0. The Bertz CT molecular complexity index is 1100. The van der Waals surface area contributed by atoms with Crippen LogP contribution in [-0.4, -0.2) is 43.3 Å². The van der Waals surface area contributed by atoms with Crippen LogP contribution >= 0.6 is 0 Å². The molecule has 0 spiro atoms. The lowest BCUT2D eigenvalue weighted by molar-refractivity contribution is 0.00578. The number of piperazine rings is 1. The molecular weight excluding hydrogens is 287 g/mol. The lowest BCUT2D eigenvalue weighted by Gasteiger charge is -2.37. The van der Waals surface area contributed by atoms with Gasteiger partial charge in [-0.05, 0) is 58.9 Å². The van der Waals surface area contributed by atoms with Crippen molar-refractivity contribution in [2.45, 2.75) is 64.6 Å². The molecule has 2 unspecified atom stereocenters. The van der Waals surface area contributed by atoms with Gasteiger partial charge in [0.15, 0.2) is 0 Å². The third kappa shape index (κ3) is 3.28. The van der Waals surface area contributed by atoms with Crippen molar-refractivity contribution in [2.75, 3.05) is 17.9 Å². The van der Waals surface area contributed by atoms with Crippen LogP contribution in [0.4, 0.5) is 5.69 Å². The highest BCUT2D eigenvalue weighted by atomic mass is 16.7. The molecule has 0 saturated carbocycles. The first kappa shape index (κ1) is 6.04. The summed E-state index contributed by atoms with van der Waals surface area (Å²) in [6, 6.07) is -11.3. The summed E-state index contributed by atoms with van der Waals surface area (Å²) >= 11 is 0. The van der Waals surface area contributed by atoms with Gasteiger partial charge in [-0.3, -0.25) is 0 Å². The maximum atomic E-state index is 8.59. The van der Waals surface area contributed by atoms with Gasteiger partial charge in [0.2, 0.25) is 0 Å². The highest BCUT2D eigenvalue weighted by Crippen LogP contribution is 2.36. The summed E-state index contributed by atoms with van der Waals surface area (Å²) < 4.78 is 144. The quantitative estimate of drug-likeness (QED) is 0.842. The molecule has 1 aromatic carbocycles. The monoisotopic (exact) mass is 332 g/mol. The van der Waals surface area contributed by atoms with Crippen molar-refractivity contribution in [3.8, 4) is 0 Å². The van der Waals surface area contributed by atoms with E-state index in [-0.39, 0.29) is 4.90 Å². The molecule has 2 aliphatic heterocycles. The Labute approximate surface area is 163 Å². The number of rotatable bonds is 2. The molecule has 1 N–H and O–H groups in total. The topological polar surface area (TPSA) is 33.7 Å². The van der Waals surface area contributed by atoms with E-state index in [0.717, 1.165) is 0 Å². The number of benzene rings is 1. The Morgan fingerprint density at radius 2 is 1.70 bits per heavy atom. The van der Waals surface area contributed by atoms with Gasteiger partial charge in [0.25, 0.3) is 0 Å². The highest BCUT2D eigenvalue weighted by Gasteiger charge is 2.51. The van der Waals surface area contributed by atoms with E-state index in [1.54, 1.807) is 33.0 Å². The number of nitrogens with zero attached hydrogens (tertiary/aromatic N) is 1. The van der Waals surface area contributed by atoms with Crippen LogP contribution in [0, 0.1) is 0 Å². The van der Waals surface area contributed by atoms with Gasteiger partial charge in [0.05, 0.1) is 22.2 Å². The molecule has 2 aliphatic rings. The zero-order valence-electron chi connectivity index (χ0n) is 29.3. The predicted molar refractivity (Wildman–Crippen MR) is 96.4 cm³/mol. The number of hydrogen-bond donors (Lipinski definition) is 1. The standard InChI is InChI=1S/C18H29BN2O2/c1-13-11-21(12-14(2)20-13)16-9-7-15(8-10-16)19-22-17(3,4)18(5,6)23-19/h7-10,13-14,20H,11-12H2,1-6H3/i1D3,2D3,7D,8D,9D,10D,11D2,12D2,13D,14D. The second-order valence-electron chi connectivity index (χ2n) is 6.28. The van der Waals surface area contributed by atoms with Crippen molar-refractivity contribution in [3.63, 3.8) is 0 Å². The number of anilines is 1. The minimum absolute atomic E-state index is 0.246. The van der Waals surface area contributed by atoms with Crippen molar-refractivity contribution < 1.29 is 31.2 Å². The van der Waals surface area contributed by atoms with Gasteiger partial charge in [-0.25, -0.2) is 0 Å². The van der Waals surface area contributed by atoms with Crippen LogP contribution < -0.4 is 15.7 Å². The molecule has 2 fully saturated rings. The van der Waals surface area contributed by atoms with E-state index in [0.29, 0.717) is 0 Å². The first-order valence-corrected chi connectivity index (χ1v) is 7.09. The Hall–Kier alpha value is -1.04. The van der Waals surface area contributed by atoms with Crippen molar-refractivity contribution in [3.05, 3.63) is 24.2 Å². The minimum atomic E-state index is -3.76. The second-order valence-corrected chi connectivity index (χ2v) is 6.28. The molecule has 3 rings (SSSR count). The van der Waals surface area contributed by atoms with Crippen LogP contribution in [0.25, 0.3) is 0 Å². The van der Waals surface area contributed by atoms with Crippen molar-refractivity contribution in [2.24, 2.45) is 0 Å². The Balaban J connectivity index is 2.40. The molecule has 2 saturated heterocycles. The molecule has 2 atom stereocenters. The van der Waals surface area contributed by atoms with E-state index in [9.17, 15) is 0 Å². The average Bonchev–Trinajstić information content (AvgIpc) is 2.93. The van der Waals surface area contributed by atoms with Crippen molar-refractivity contribution in [1.29, 1.82) is 0 Å². The molecule has 0 bridgehead atoms. The summed E-state index contributed by atoms with van der Waals surface area (Å²) in [7, 11) is -1.43. The van der Waals surface area contributed by atoms with Crippen LogP contribution in [0.2, 0.25) is 0 Å². The van der Waals surface area contributed by atoms with E-state index < -0.39 is 92.4 Å². The number of hydrogen-bond acceptors (Lipinski definition) is 4. The summed E-state index contributed by atoms with van der Waals surface area (Å²) in [6.07, 6.45) is 0. The van der Waals surface area contributed by atoms with Crippen LogP contribution in [-0.2, 0) is 9.31 Å². The van der Waals surface area contributed by atoms with Crippen LogP contribution in [0.1, 0.15) is 63.3 Å². The summed E-state index contributed by atoms with van der Waals surface area (Å²) in [5.74, 6) is 0. The van der Waals surface area contributed by atoms with Crippen molar-refractivity contribution >= 4 is 18.3 Å². The fourth-order valence-electron chi connectivity index (χ4n) is 2.05. The summed E-state index contributed by atoms with van der Waals surface area (Å²) in [6.45, 7) is -8.23. The van der Waals surface area contributed by atoms with Gasteiger partial charge in [0.1, 0.15) is 0 Å². The molecule has 0 amide bonds. The number of nitrogens with one attached hydrogen (secondary N) is 1. The third-order valence-electron chi connectivity index (χ3n) is 4.04. The molecular formula is C18H29BN2O2. The van der Waals surface area contributed by atoms with E-state index in [1.165, 1.54) is 0 Å². The van der Waals surface area contributed by atoms with Crippen molar-refractivity contribution in [1.82, 2.24) is 5.32 Å². The third-order valence-corrected chi connectivity index (χ3v) is 4.04. The average molecular weight is 332 g/mol.